The Morgan fingerprint density at radius 2 is 1.56 bits per heavy atom. The highest BCUT2D eigenvalue weighted by atomic mass is 32.2. The number of ether oxygens (including phenoxy) is 1. The first kappa shape index (κ1) is 18.7. The third-order valence-corrected chi connectivity index (χ3v) is 4.27. The molecule has 0 amide bonds. The Hall–Kier alpha value is -2.66. The summed E-state index contributed by atoms with van der Waals surface area (Å²) in [5, 5.41) is -0.0949. The lowest BCUT2D eigenvalue weighted by molar-refractivity contribution is -0.130. The Kier molecular flexibility index (Phi) is 5.93. The van der Waals surface area contributed by atoms with Crippen molar-refractivity contribution in [2.75, 3.05) is 0 Å². The number of carbonyl (C=O) groups is 2. The Morgan fingerprint density at radius 3 is 2.08 bits per heavy atom. The largest absolute Gasteiger partial charge is 0.420 e. The number of carbonyl (C=O) groups excluding carboxylic acids is 2. The number of halogens is 1. The van der Waals surface area contributed by atoms with Gasteiger partial charge in [-0.25, -0.2) is 9.18 Å². The quantitative estimate of drug-likeness (QED) is 0.321. The highest BCUT2D eigenvalue weighted by Gasteiger charge is 2.12. The van der Waals surface area contributed by atoms with E-state index in [2.05, 4.69) is 13.2 Å². The molecule has 0 spiro atoms. The third kappa shape index (κ3) is 4.90. The summed E-state index contributed by atoms with van der Waals surface area (Å²) in [5.41, 5.74) is 2.09. The second kappa shape index (κ2) is 7.94. The van der Waals surface area contributed by atoms with Crippen LogP contribution in [-0.4, -0.2) is 11.1 Å². The Balaban J connectivity index is 2.18. The first-order valence-corrected chi connectivity index (χ1v) is 8.25. The van der Waals surface area contributed by atoms with Crippen molar-refractivity contribution in [3.05, 3.63) is 72.6 Å². The summed E-state index contributed by atoms with van der Waals surface area (Å²) < 4.78 is 19.1. The lowest BCUT2D eigenvalue weighted by Crippen LogP contribution is -2.09. The fourth-order valence-corrected chi connectivity index (χ4v) is 2.52. The zero-order chi connectivity index (χ0) is 18.6. The van der Waals surface area contributed by atoms with Crippen molar-refractivity contribution in [1.29, 1.82) is 0 Å². The molecule has 0 aromatic heterocycles. The molecule has 0 heterocycles. The van der Waals surface area contributed by atoms with Crippen molar-refractivity contribution < 1.29 is 18.7 Å². The fourth-order valence-electron chi connectivity index (χ4n) is 1.86. The Bertz CT molecular complexity index is 854. The van der Waals surface area contributed by atoms with Gasteiger partial charge in [0.25, 0.3) is 0 Å². The zero-order valence-corrected chi connectivity index (χ0v) is 14.8. The standard InChI is InChI=1S/C20H17FO3S/c1-12(2)19(22)24-18-10-7-15(11-17(18)21)14-5-8-16(9-6-14)25-20(23)13(3)4/h5-11H,1,3H2,2,4H3. The van der Waals surface area contributed by atoms with E-state index in [9.17, 15) is 14.0 Å². The maximum Gasteiger partial charge on any atom is 0.338 e. The normalized spacial score (nSPS) is 10.2. The number of rotatable bonds is 5. The van der Waals surface area contributed by atoms with Crippen molar-refractivity contribution in [2.24, 2.45) is 0 Å². The maximum absolute atomic E-state index is 14.1. The average molecular weight is 356 g/mol. The van der Waals surface area contributed by atoms with Crippen LogP contribution >= 0.6 is 11.8 Å². The second-order valence-electron chi connectivity index (χ2n) is 5.51. The van der Waals surface area contributed by atoms with Crippen LogP contribution in [0.2, 0.25) is 0 Å². The second-order valence-corrected chi connectivity index (χ2v) is 6.56. The van der Waals surface area contributed by atoms with Crippen LogP contribution in [0.3, 0.4) is 0 Å². The molecule has 0 aliphatic rings. The van der Waals surface area contributed by atoms with Gasteiger partial charge in [0.15, 0.2) is 11.6 Å². The molecule has 0 unspecified atom stereocenters. The summed E-state index contributed by atoms with van der Waals surface area (Å²) in [6.45, 7) is 10.2. The number of benzene rings is 2. The lowest BCUT2D eigenvalue weighted by atomic mass is 10.1. The van der Waals surface area contributed by atoms with E-state index >= 15 is 0 Å². The van der Waals surface area contributed by atoms with Gasteiger partial charge in [0.2, 0.25) is 5.12 Å². The number of hydrogen-bond acceptors (Lipinski definition) is 4. The molecule has 2 aromatic rings. The van der Waals surface area contributed by atoms with E-state index in [1.807, 2.05) is 0 Å². The molecule has 25 heavy (non-hydrogen) atoms. The van der Waals surface area contributed by atoms with Crippen LogP contribution in [0, 0.1) is 5.82 Å². The summed E-state index contributed by atoms with van der Waals surface area (Å²) in [5.74, 6) is -1.45. The van der Waals surface area contributed by atoms with Gasteiger partial charge in [-0.1, -0.05) is 31.4 Å². The topological polar surface area (TPSA) is 43.4 Å². The van der Waals surface area contributed by atoms with Crippen molar-refractivity contribution >= 4 is 22.8 Å². The van der Waals surface area contributed by atoms with E-state index in [1.165, 1.54) is 19.1 Å². The van der Waals surface area contributed by atoms with Crippen LogP contribution in [0.5, 0.6) is 5.75 Å². The fraction of sp³-hybridized carbons (Fsp3) is 0.100. The molecule has 3 nitrogen and oxygen atoms in total. The summed E-state index contributed by atoms with van der Waals surface area (Å²) in [6.07, 6.45) is 0. The molecular weight excluding hydrogens is 339 g/mol. The van der Waals surface area contributed by atoms with E-state index in [0.29, 0.717) is 11.1 Å². The van der Waals surface area contributed by atoms with Gasteiger partial charge in [0.05, 0.1) is 0 Å². The number of thioether (sulfide) groups is 1. The lowest BCUT2D eigenvalue weighted by Gasteiger charge is -2.08. The smallest absolute Gasteiger partial charge is 0.338 e. The third-order valence-electron chi connectivity index (χ3n) is 3.23. The Labute approximate surface area is 150 Å². The van der Waals surface area contributed by atoms with Gasteiger partial charge < -0.3 is 4.74 Å². The van der Waals surface area contributed by atoms with Crippen LogP contribution < -0.4 is 4.74 Å². The minimum atomic E-state index is -0.671. The van der Waals surface area contributed by atoms with Gasteiger partial charge in [-0.2, -0.15) is 0 Å². The first-order valence-electron chi connectivity index (χ1n) is 7.43. The molecule has 128 valence electrons. The number of esters is 1. The van der Waals surface area contributed by atoms with Crippen LogP contribution in [0.4, 0.5) is 4.39 Å². The SMILES string of the molecule is C=C(C)C(=O)Oc1ccc(-c2ccc(SC(=O)C(=C)C)cc2)cc1F. The van der Waals surface area contributed by atoms with Crippen molar-refractivity contribution in [3.63, 3.8) is 0 Å². The van der Waals surface area contributed by atoms with Gasteiger partial charge in [-0.3, -0.25) is 4.79 Å². The summed E-state index contributed by atoms with van der Waals surface area (Å²) in [7, 11) is 0. The molecule has 0 aliphatic heterocycles. The molecule has 0 radical (unpaired) electrons. The van der Waals surface area contributed by atoms with Crippen molar-refractivity contribution in [3.8, 4) is 16.9 Å². The van der Waals surface area contributed by atoms with E-state index in [-0.39, 0.29) is 16.4 Å². The van der Waals surface area contributed by atoms with E-state index in [4.69, 9.17) is 4.74 Å². The molecule has 2 aromatic carbocycles. The van der Waals surface area contributed by atoms with Gasteiger partial charge >= 0.3 is 5.97 Å². The van der Waals surface area contributed by atoms with Gasteiger partial charge in [0.1, 0.15) is 0 Å². The minimum absolute atomic E-state index is 0.0949. The molecule has 0 atom stereocenters. The van der Waals surface area contributed by atoms with Gasteiger partial charge in [-0.05, 0) is 66.6 Å². The summed E-state index contributed by atoms with van der Waals surface area (Å²) in [6, 6.07) is 11.5. The maximum atomic E-state index is 14.1. The Morgan fingerprint density at radius 1 is 0.960 bits per heavy atom. The van der Waals surface area contributed by atoms with E-state index < -0.39 is 11.8 Å². The molecular formula is C20H17FO3S. The van der Waals surface area contributed by atoms with E-state index in [0.717, 1.165) is 22.2 Å². The van der Waals surface area contributed by atoms with Crippen molar-refractivity contribution in [2.45, 2.75) is 18.7 Å². The van der Waals surface area contributed by atoms with Gasteiger partial charge in [0, 0.05) is 10.5 Å². The van der Waals surface area contributed by atoms with E-state index in [1.54, 1.807) is 37.3 Å². The molecule has 0 saturated heterocycles. The van der Waals surface area contributed by atoms with Crippen LogP contribution in [0.25, 0.3) is 11.1 Å². The molecule has 0 fully saturated rings. The zero-order valence-electron chi connectivity index (χ0n) is 14.0. The summed E-state index contributed by atoms with van der Waals surface area (Å²) >= 11 is 1.09. The molecule has 0 saturated carbocycles. The minimum Gasteiger partial charge on any atom is -0.420 e. The monoisotopic (exact) mass is 356 g/mol. The highest BCUT2D eigenvalue weighted by Crippen LogP contribution is 2.29. The molecule has 0 N–H and O–H groups in total. The molecule has 0 aliphatic carbocycles. The van der Waals surface area contributed by atoms with Crippen LogP contribution in [0.1, 0.15) is 13.8 Å². The van der Waals surface area contributed by atoms with Gasteiger partial charge in [-0.15, -0.1) is 0 Å². The molecule has 5 heteroatoms. The highest BCUT2D eigenvalue weighted by molar-refractivity contribution is 8.14. The predicted octanol–water partition coefficient (Wildman–Crippen LogP) is 5.17. The van der Waals surface area contributed by atoms with Crippen LogP contribution in [0.15, 0.2) is 71.7 Å². The molecule has 0 bridgehead atoms. The number of hydrogen-bond donors (Lipinski definition) is 0. The molecule has 2 rings (SSSR count). The van der Waals surface area contributed by atoms with Crippen LogP contribution in [-0.2, 0) is 9.59 Å². The predicted molar refractivity (Wildman–Crippen MR) is 98.0 cm³/mol. The first-order chi connectivity index (χ1) is 11.8. The average Bonchev–Trinajstić information content (AvgIpc) is 2.57. The summed E-state index contributed by atoms with van der Waals surface area (Å²) in [4.78, 5) is 23.9. The van der Waals surface area contributed by atoms with Crippen molar-refractivity contribution in [1.82, 2.24) is 0 Å².